The van der Waals surface area contributed by atoms with E-state index in [2.05, 4.69) is 4.98 Å². The van der Waals surface area contributed by atoms with Crippen molar-refractivity contribution in [2.75, 3.05) is 7.05 Å². The Labute approximate surface area is 110 Å². The molecule has 1 rings (SSSR count). The second-order valence-corrected chi connectivity index (χ2v) is 6.15. The molecule has 1 aromatic rings. The van der Waals surface area contributed by atoms with E-state index in [-0.39, 0.29) is 16.3 Å². The van der Waals surface area contributed by atoms with Crippen LogP contribution < -0.4 is 5.56 Å². The molecule has 0 aliphatic rings. The van der Waals surface area contributed by atoms with Crippen LogP contribution in [0.15, 0.2) is 22.0 Å². The molecule has 1 heterocycles. The summed E-state index contributed by atoms with van der Waals surface area (Å²) in [4.78, 5) is 13.2. The van der Waals surface area contributed by atoms with Crippen LogP contribution in [0.5, 0.6) is 0 Å². The molecule has 0 saturated heterocycles. The molecule has 8 heteroatoms. The van der Waals surface area contributed by atoms with E-state index in [9.17, 15) is 13.2 Å². The molecule has 1 atom stereocenters. The zero-order valence-corrected chi connectivity index (χ0v) is 11.4. The number of H-pyrrole nitrogens is 1. The number of aromatic nitrogens is 1. The topological polar surface area (TPSA) is 94.0 Å². The Morgan fingerprint density at radius 3 is 2.72 bits per heavy atom. The van der Waals surface area contributed by atoms with Gasteiger partial charge in [-0.3, -0.25) is 4.79 Å². The van der Waals surface area contributed by atoms with Gasteiger partial charge in [0, 0.05) is 19.3 Å². The van der Waals surface area contributed by atoms with Crippen LogP contribution >= 0.6 is 11.6 Å². The summed E-state index contributed by atoms with van der Waals surface area (Å²) in [6.07, 6.45) is 1.16. The lowest BCUT2D eigenvalue weighted by molar-refractivity contribution is 0.393. The van der Waals surface area contributed by atoms with Crippen molar-refractivity contribution in [2.45, 2.75) is 24.3 Å². The Balaban J connectivity index is 3.18. The van der Waals surface area contributed by atoms with Crippen molar-refractivity contribution in [3.05, 3.63) is 27.6 Å². The van der Waals surface area contributed by atoms with Gasteiger partial charge < -0.3 is 4.98 Å². The van der Waals surface area contributed by atoms with Crippen LogP contribution in [-0.4, -0.2) is 30.8 Å². The number of rotatable bonds is 4. The molecule has 98 valence electrons. The summed E-state index contributed by atoms with van der Waals surface area (Å²) in [6, 6.07) is 2.52. The first-order chi connectivity index (χ1) is 8.30. The molecule has 1 unspecified atom stereocenters. The minimum absolute atomic E-state index is 0.0762. The maximum atomic E-state index is 12.1. The van der Waals surface area contributed by atoms with E-state index in [4.69, 9.17) is 16.9 Å². The molecule has 0 aromatic carbocycles. The molecule has 0 spiro atoms. The van der Waals surface area contributed by atoms with E-state index in [0.717, 1.165) is 16.6 Å². The van der Waals surface area contributed by atoms with Crippen molar-refractivity contribution in [1.82, 2.24) is 9.29 Å². The Kier molecular flexibility index (Phi) is 4.51. The van der Waals surface area contributed by atoms with Gasteiger partial charge in [0.05, 0.1) is 17.4 Å². The van der Waals surface area contributed by atoms with Gasteiger partial charge in [-0.05, 0) is 13.0 Å². The molecule has 0 amide bonds. The largest absolute Gasteiger partial charge is 0.326 e. The summed E-state index contributed by atoms with van der Waals surface area (Å²) in [5.41, 5.74) is -0.552. The molecule has 0 aliphatic carbocycles. The standard InChI is InChI=1S/C10H12ClN3O3S/c1-7(3-4-12)14(2)18(16,17)8-5-9(11)10(15)13-6-8/h5-7H,3H2,1-2H3,(H,13,15). The minimum atomic E-state index is -3.77. The number of hydrogen-bond donors (Lipinski definition) is 1. The summed E-state index contributed by atoms with van der Waals surface area (Å²) in [6.45, 7) is 1.62. The van der Waals surface area contributed by atoms with Gasteiger partial charge in [0.25, 0.3) is 5.56 Å². The fraction of sp³-hybridized carbons (Fsp3) is 0.400. The first-order valence-electron chi connectivity index (χ1n) is 5.04. The highest BCUT2D eigenvalue weighted by molar-refractivity contribution is 7.89. The summed E-state index contributed by atoms with van der Waals surface area (Å²) < 4.78 is 25.4. The lowest BCUT2D eigenvalue weighted by Gasteiger charge is -2.22. The number of pyridine rings is 1. The number of nitrogens with zero attached hydrogens (tertiary/aromatic N) is 2. The molecule has 18 heavy (non-hydrogen) atoms. The van der Waals surface area contributed by atoms with Gasteiger partial charge in [-0.15, -0.1) is 0 Å². The highest BCUT2D eigenvalue weighted by atomic mass is 35.5. The van der Waals surface area contributed by atoms with E-state index in [1.807, 2.05) is 6.07 Å². The van der Waals surface area contributed by atoms with Crippen LogP contribution in [-0.2, 0) is 10.0 Å². The number of nitriles is 1. The van der Waals surface area contributed by atoms with Gasteiger partial charge in [-0.1, -0.05) is 11.6 Å². The van der Waals surface area contributed by atoms with E-state index in [0.29, 0.717) is 0 Å². The molecule has 1 N–H and O–H groups in total. The maximum Gasteiger partial charge on any atom is 0.266 e. The number of halogens is 1. The van der Waals surface area contributed by atoms with E-state index < -0.39 is 21.6 Å². The Morgan fingerprint density at radius 1 is 1.61 bits per heavy atom. The normalized spacial score (nSPS) is 13.3. The first kappa shape index (κ1) is 14.7. The van der Waals surface area contributed by atoms with Crippen molar-refractivity contribution < 1.29 is 8.42 Å². The molecule has 0 radical (unpaired) electrons. The second-order valence-electron chi connectivity index (χ2n) is 3.74. The molecule has 0 saturated carbocycles. The van der Waals surface area contributed by atoms with Crippen molar-refractivity contribution >= 4 is 21.6 Å². The second kappa shape index (κ2) is 5.52. The lowest BCUT2D eigenvalue weighted by Crippen LogP contribution is -2.35. The predicted octanol–water partition coefficient (Wildman–Crippen LogP) is 0.951. The third-order valence-corrected chi connectivity index (χ3v) is 4.75. The van der Waals surface area contributed by atoms with Crippen molar-refractivity contribution in [3.8, 4) is 6.07 Å². The molecular formula is C10H12ClN3O3S. The molecule has 0 aliphatic heterocycles. The van der Waals surface area contributed by atoms with Gasteiger partial charge in [-0.2, -0.15) is 9.57 Å². The van der Waals surface area contributed by atoms with Crippen molar-refractivity contribution in [1.29, 1.82) is 5.26 Å². The summed E-state index contributed by atoms with van der Waals surface area (Å²) in [5.74, 6) is 0. The fourth-order valence-electron chi connectivity index (χ4n) is 1.25. The zero-order chi connectivity index (χ0) is 13.9. The smallest absolute Gasteiger partial charge is 0.266 e. The highest BCUT2D eigenvalue weighted by Crippen LogP contribution is 2.18. The molecule has 0 fully saturated rings. The summed E-state index contributed by atoms with van der Waals surface area (Å²) in [7, 11) is -2.40. The molecule has 1 aromatic heterocycles. The Bertz CT molecular complexity index is 633. The van der Waals surface area contributed by atoms with E-state index >= 15 is 0 Å². The van der Waals surface area contributed by atoms with Crippen LogP contribution in [0.2, 0.25) is 5.02 Å². The first-order valence-corrected chi connectivity index (χ1v) is 6.85. The van der Waals surface area contributed by atoms with Gasteiger partial charge in [0.15, 0.2) is 0 Å². The molecule has 0 bridgehead atoms. The van der Waals surface area contributed by atoms with Crippen LogP contribution in [0, 0.1) is 11.3 Å². The lowest BCUT2D eigenvalue weighted by atomic mass is 10.3. The van der Waals surface area contributed by atoms with Gasteiger partial charge in [-0.25, -0.2) is 8.42 Å². The van der Waals surface area contributed by atoms with Gasteiger partial charge >= 0.3 is 0 Å². The number of aromatic amines is 1. The average Bonchev–Trinajstić information content (AvgIpc) is 2.31. The number of nitrogens with one attached hydrogen (secondary N) is 1. The zero-order valence-electron chi connectivity index (χ0n) is 9.84. The summed E-state index contributed by atoms with van der Waals surface area (Å²) in [5, 5.41) is 8.37. The summed E-state index contributed by atoms with van der Waals surface area (Å²) >= 11 is 5.59. The fourth-order valence-corrected chi connectivity index (χ4v) is 2.84. The SMILES string of the molecule is CC(CC#N)N(C)S(=O)(=O)c1c[nH]c(=O)c(Cl)c1. The van der Waals surface area contributed by atoms with Gasteiger partial charge in [0.2, 0.25) is 10.0 Å². The average molecular weight is 290 g/mol. The Hall–Kier alpha value is -1.36. The van der Waals surface area contributed by atoms with Crippen LogP contribution in [0.1, 0.15) is 13.3 Å². The van der Waals surface area contributed by atoms with Crippen LogP contribution in [0.25, 0.3) is 0 Å². The van der Waals surface area contributed by atoms with E-state index in [1.54, 1.807) is 6.92 Å². The van der Waals surface area contributed by atoms with Crippen molar-refractivity contribution in [3.63, 3.8) is 0 Å². The quantitative estimate of drug-likeness (QED) is 0.893. The third kappa shape index (κ3) is 2.90. The monoisotopic (exact) mass is 289 g/mol. The highest BCUT2D eigenvalue weighted by Gasteiger charge is 2.25. The van der Waals surface area contributed by atoms with Crippen LogP contribution in [0.4, 0.5) is 0 Å². The third-order valence-electron chi connectivity index (χ3n) is 2.52. The van der Waals surface area contributed by atoms with Crippen molar-refractivity contribution in [2.24, 2.45) is 0 Å². The van der Waals surface area contributed by atoms with E-state index in [1.165, 1.54) is 7.05 Å². The molecular weight excluding hydrogens is 278 g/mol. The number of hydrogen-bond acceptors (Lipinski definition) is 4. The van der Waals surface area contributed by atoms with Crippen LogP contribution in [0.3, 0.4) is 0 Å². The predicted molar refractivity (Wildman–Crippen MR) is 66.7 cm³/mol. The minimum Gasteiger partial charge on any atom is -0.326 e. The van der Waals surface area contributed by atoms with Gasteiger partial charge in [0.1, 0.15) is 5.02 Å². The molecule has 6 nitrogen and oxygen atoms in total. The Morgan fingerprint density at radius 2 is 2.22 bits per heavy atom. The maximum absolute atomic E-state index is 12.1. The number of sulfonamides is 1.